The fourth-order valence-corrected chi connectivity index (χ4v) is 2.44. The lowest BCUT2D eigenvalue weighted by atomic mass is 9.97. The van der Waals surface area contributed by atoms with Crippen LogP contribution in [0.15, 0.2) is 24.3 Å². The molecule has 1 aromatic rings. The van der Waals surface area contributed by atoms with Crippen LogP contribution in [0.1, 0.15) is 30.9 Å². The smallest absolute Gasteiger partial charge is 0.0412 e. The van der Waals surface area contributed by atoms with Crippen molar-refractivity contribution in [3.05, 3.63) is 29.8 Å². The topological polar surface area (TPSA) is 15.3 Å². The maximum Gasteiger partial charge on any atom is 0.0412 e. The molecular formula is C13H18N2. The molecule has 1 aliphatic carbocycles. The molecule has 1 N–H and O–H groups in total. The van der Waals surface area contributed by atoms with Crippen LogP contribution in [0.4, 0.5) is 5.69 Å². The molecule has 0 saturated heterocycles. The second-order valence-corrected chi connectivity index (χ2v) is 4.76. The van der Waals surface area contributed by atoms with Gasteiger partial charge in [0.05, 0.1) is 0 Å². The second kappa shape index (κ2) is 3.53. The van der Waals surface area contributed by atoms with E-state index >= 15 is 0 Å². The first-order valence-electron chi connectivity index (χ1n) is 5.91. The van der Waals surface area contributed by atoms with E-state index in [1.54, 1.807) is 0 Å². The summed E-state index contributed by atoms with van der Waals surface area (Å²) in [6, 6.07) is 10.2. The molecular weight excluding hydrogens is 184 g/mol. The van der Waals surface area contributed by atoms with Gasteiger partial charge in [-0.25, -0.2) is 0 Å². The highest BCUT2D eigenvalue weighted by Gasteiger charge is 2.29. The molecule has 1 unspecified atom stereocenters. The van der Waals surface area contributed by atoms with Crippen molar-refractivity contribution in [2.75, 3.05) is 18.5 Å². The van der Waals surface area contributed by atoms with E-state index in [0.717, 1.165) is 6.04 Å². The summed E-state index contributed by atoms with van der Waals surface area (Å²) in [5, 5.41) is 3.74. The summed E-state index contributed by atoms with van der Waals surface area (Å²) >= 11 is 0. The lowest BCUT2D eigenvalue weighted by Crippen LogP contribution is -2.34. The van der Waals surface area contributed by atoms with Gasteiger partial charge in [0.1, 0.15) is 0 Å². The molecule has 1 atom stereocenters. The van der Waals surface area contributed by atoms with Gasteiger partial charge in [-0.3, -0.25) is 0 Å². The van der Waals surface area contributed by atoms with E-state index in [0.29, 0.717) is 6.04 Å². The quantitative estimate of drug-likeness (QED) is 0.791. The van der Waals surface area contributed by atoms with Gasteiger partial charge in [-0.1, -0.05) is 18.2 Å². The van der Waals surface area contributed by atoms with Gasteiger partial charge in [0.2, 0.25) is 0 Å². The van der Waals surface area contributed by atoms with E-state index in [-0.39, 0.29) is 0 Å². The summed E-state index contributed by atoms with van der Waals surface area (Å²) in [5.74, 6) is 0. The Morgan fingerprint density at radius 1 is 1.20 bits per heavy atom. The lowest BCUT2D eigenvalue weighted by molar-refractivity contribution is 0.482. The number of nitrogens with one attached hydrogen (secondary N) is 1. The molecule has 1 aromatic carbocycles. The largest absolute Gasteiger partial charge is 0.374 e. The molecule has 2 heteroatoms. The van der Waals surface area contributed by atoms with Gasteiger partial charge in [-0.2, -0.15) is 0 Å². The van der Waals surface area contributed by atoms with Crippen LogP contribution in [0, 0.1) is 0 Å². The fourth-order valence-electron chi connectivity index (χ4n) is 2.44. The third-order valence-electron chi connectivity index (χ3n) is 3.49. The van der Waals surface area contributed by atoms with Gasteiger partial charge >= 0.3 is 0 Å². The van der Waals surface area contributed by atoms with Crippen LogP contribution in [0.5, 0.6) is 0 Å². The molecule has 0 amide bonds. The molecule has 2 aliphatic rings. The number of rotatable bonds is 2. The zero-order chi connectivity index (χ0) is 10.3. The van der Waals surface area contributed by atoms with Crippen molar-refractivity contribution in [3.8, 4) is 0 Å². The molecule has 3 rings (SSSR count). The molecule has 1 aliphatic heterocycles. The Kier molecular flexibility index (Phi) is 2.17. The number of hydrogen-bond donors (Lipinski definition) is 1. The summed E-state index contributed by atoms with van der Waals surface area (Å²) in [4.78, 5) is 2.36. The Morgan fingerprint density at radius 2 is 2.00 bits per heavy atom. The maximum absolute atomic E-state index is 3.74. The van der Waals surface area contributed by atoms with Crippen molar-refractivity contribution in [1.29, 1.82) is 0 Å². The first-order chi connectivity index (χ1) is 7.34. The standard InChI is InChI=1S/C13H18N2/c1-15-9-8-12(14-10-6-7-10)11-4-2-3-5-13(11)15/h2-5,10,12,14H,6-9H2,1H3. The number of fused-ring (bicyclic) bond motifs is 1. The normalized spacial score (nSPS) is 25.1. The van der Waals surface area contributed by atoms with E-state index in [9.17, 15) is 0 Å². The third-order valence-corrected chi connectivity index (χ3v) is 3.49. The average Bonchev–Trinajstić information content (AvgIpc) is 3.07. The number of para-hydroxylation sites is 1. The van der Waals surface area contributed by atoms with Crippen molar-refractivity contribution in [2.24, 2.45) is 0 Å². The predicted octanol–water partition coefficient (Wildman–Crippen LogP) is 2.32. The zero-order valence-corrected chi connectivity index (χ0v) is 9.24. The minimum Gasteiger partial charge on any atom is -0.374 e. The SMILES string of the molecule is CN1CCC(NC2CC2)c2ccccc21. The van der Waals surface area contributed by atoms with Crippen LogP contribution in [-0.4, -0.2) is 19.6 Å². The molecule has 80 valence electrons. The van der Waals surface area contributed by atoms with Crippen LogP contribution in [0.25, 0.3) is 0 Å². The summed E-state index contributed by atoms with van der Waals surface area (Å²) in [6.07, 6.45) is 3.98. The highest BCUT2D eigenvalue weighted by atomic mass is 15.1. The van der Waals surface area contributed by atoms with Crippen LogP contribution >= 0.6 is 0 Å². The number of hydrogen-bond acceptors (Lipinski definition) is 2. The minimum atomic E-state index is 0.588. The summed E-state index contributed by atoms with van der Waals surface area (Å²) in [5.41, 5.74) is 2.89. The predicted molar refractivity (Wildman–Crippen MR) is 63.2 cm³/mol. The summed E-state index contributed by atoms with van der Waals surface area (Å²) in [6.45, 7) is 1.17. The molecule has 1 saturated carbocycles. The van der Waals surface area contributed by atoms with Gasteiger partial charge in [0.25, 0.3) is 0 Å². The molecule has 0 radical (unpaired) electrons. The van der Waals surface area contributed by atoms with E-state index in [4.69, 9.17) is 0 Å². The maximum atomic E-state index is 3.74. The van der Waals surface area contributed by atoms with E-state index < -0.39 is 0 Å². The van der Waals surface area contributed by atoms with Crippen molar-refractivity contribution < 1.29 is 0 Å². The van der Waals surface area contributed by atoms with Crippen molar-refractivity contribution in [1.82, 2.24) is 5.32 Å². The fraction of sp³-hybridized carbons (Fsp3) is 0.538. The van der Waals surface area contributed by atoms with Crippen LogP contribution < -0.4 is 10.2 Å². The van der Waals surface area contributed by atoms with Gasteiger partial charge in [0.15, 0.2) is 0 Å². The number of anilines is 1. The highest BCUT2D eigenvalue weighted by molar-refractivity contribution is 5.56. The lowest BCUT2D eigenvalue weighted by Gasteiger charge is -2.33. The van der Waals surface area contributed by atoms with Crippen molar-refractivity contribution in [2.45, 2.75) is 31.3 Å². The number of benzene rings is 1. The molecule has 0 spiro atoms. The second-order valence-electron chi connectivity index (χ2n) is 4.76. The summed E-state index contributed by atoms with van der Waals surface area (Å²) < 4.78 is 0. The molecule has 15 heavy (non-hydrogen) atoms. The van der Waals surface area contributed by atoms with Gasteiger partial charge < -0.3 is 10.2 Å². The van der Waals surface area contributed by atoms with Crippen LogP contribution in [0.3, 0.4) is 0 Å². The molecule has 1 fully saturated rings. The van der Waals surface area contributed by atoms with E-state index in [1.165, 1.54) is 37.1 Å². The Bertz CT molecular complexity index is 357. The Labute approximate surface area is 91.3 Å². The third kappa shape index (κ3) is 1.74. The average molecular weight is 202 g/mol. The first-order valence-corrected chi connectivity index (χ1v) is 5.91. The molecule has 2 nitrogen and oxygen atoms in total. The Balaban J connectivity index is 1.89. The van der Waals surface area contributed by atoms with Crippen LogP contribution in [0.2, 0.25) is 0 Å². The Morgan fingerprint density at radius 3 is 2.80 bits per heavy atom. The first kappa shape index (κ1) is 9.22. The minimum absolute atomic E-state index is 0.588. The van der Waals surface area contributed by atoms with Gasteiger partial charge in [-0.15, -0.1) is 0 Å². The highest BCUT2D eigenvalue weighted by Crippen LogP contribution is 2.35. The van der Waals surface area contributed by atoms with Crippen LogP contribution in [-0.2, 0) is 0 Å². The van der Waals surface area contributed by atoms with Crippen molar-refractivity contribution in [3.63, 3.8) is 0 Å². The Hall–Kier alpha value is -1.02. The molecule has 0 aromatic heterocycles. The molecule has 0 bridgehead atoms. The monoisotopic (exact) mass is 202 g/mol. The summed E-state index contributed by atoms with van der Waals surface area (Å²) in [7, 11) is 2.19. The van der Waals surface area contributed by atoms with E-state index in [1.807, 2.05) is 0 Å². The van der Waals surface area contributed by atoms with Gasteiger partial charge in [-0.05, 0) is 30.9 Å². The number of nitrogens with zero attached hydrogens (tertiary/aromatic N) is 1. The van der Waals surface area contributed by atoms with E-state index in [2.05, 4.69) is 41.5 Å². The zero-order valence-electron chi connectivity index (χ0n) is 9.24. The van der Waals surface area contributed by atoms with Gasteiger partial charge in [0, 0.05) is 31.4 Å². The van der Waals surface area contributed by atoms with Crippen molar-refractivity contribution >= 4 is 5.69 Å². The molecule has 1 heterocycles.